The van der Waals surface area contributed by atoms with Crippen LogP contribution in [0.3, 0.4) is 0 Å². The number of imidazole rings is 1. The highest BCUT2D eigenvalue weighted by atomic mass is 35.5. The molecule has 4 aromatic rings. The zero-order valence-electron chi connectivity index (χ0n) is 19.6. The van der Waals surface area contributed by atoms with Crippen LogP contribution in [0.5, 0.6) is 0 Å². The summed E-state index contributed by atoms with van der Waals surface area (Å²) in [6.45, 7) is 6.81. The minimum Gasteiger partial charge on any atom is -0.472 e. The van der Waals surface area contributed by atoms with E-state index in [2.05, 4.69) is 9.97 Å². The summed E-state index contributed by atoms with van der Waals surface area (Å²) < 4.78 is 47.1. The number of rotatable bonds is 6. The van der Waals surface area contributed by atoms with Gasteiger partial charge in [-0.3, -0.25) is 14.2 Å². The smallest absolute Gasteiger partial charge is 0.420 e. The number of amides is 1. The molecule has 0 aromatic carbocycles. The van der Waals surface area contributed by atoms with Gasteiger partial charge >= 0.3 is 6.18 Å². The normalized spacial score (nSPS) is 11.3. The van der Waals surface area contributed by atoms with Crippen LogP contribution >= 0.6 is 11.6 Å². The van der Waals surface area contributed by atoms with Crippen molar-refractivity contribution in [2.45, 2.75) is 39.8 Å². The van der Waals surface area contributed by atoms with Crippen molar-refractivity contribution in [3.05, 3.63) is 77.4 Å². The molecule has 4 aromatic heterocycles. The molecular weight excluding hydrogens is 481 g/mol. The fourth-order valence-corrected chi connectivity index (χ4v) is 3.75. The molecule has 0 spiro atoms. The van der Waals surface area contributed by atoms with Crippen LogP contribution in [0.25, 0.3) is 16.8 Å². The molecule has 0 atom stereocenters. The van der Waals surface area contributed by atoms with Gasteiger partial charge in [0.05, 0.1) is 18.1 Å². The number of pyridine rings is 2. The minimum absolute atomic E-state index is 0.145. The average molecular weight is 507 g/mol. The molecule has 0 radical (unpaired) electrons. The first-order chi connectivity index (χ1) is 16.7. The second-order valence-corrected chi connectivity index (χ2v) is 8.28. The third kappa shape index (κ3) is 6.22. The standard InChI is InChI=1S/C19H19ClF3N3O2.C6H7N/c1-3-6-25(7-4-2)18(27)15-16(20)26-10-13(12-5-8-28-11-12)9-14(17(26)24-15)19(21,22)23;1-6-3-2-4-7-5-6/h5,8-11H,3-4,6-7H2,1-2H3;2-5H,1H3. The number of aryl methyl sites for hydroxylation is 1. The third-order valence-corrected chi connectivity index (χ3v) is 5.47. The molecule has 35 heavy (non-hydrogen) atoms. The Morgan fingerprint density at radius 3 is 2.37 bits per heavy atom. The monoisotopic (exact) mass is 506 g/mol. The number of halogens is 4. The first-order valence-electron chi connectivity index (χ1n) is 11.1. The second kappa shape index (κ2) is 11.4. The SMILES string of the molecule is CCCN(CCC)C(=O)c1nc2c(C(F)(F)F)cc(-c3ccoc3)cn2c1Cl.Cc1cccnc1. The van der Waals surface area contributed by atoms with E-state index in [1.165, 1.54) is 24.3 Å². The van der Waals surface area contributed by atoms with Crippen LogP contribution in [-0.4, -0.2) is 38.3 Å². The summed E-state index contributed by atoms with van der Waals surface area (Å²) in [5.74, 6) is -0.476. The zero-order valence-corrected chi connectivity index (χ0v) is 20.4. The molecule has 0 fully saturated rings. The van der Waals surface area contributed by atoms with Gasteiger partial charge in [-0.05, 0) is 43.5 Å². The molecule has 0 aliphatic rings. The van der Waals surface area contributed by atoms with Crippen molar-refractivity contribution in [1.29, 1.82) is 0 Å². The summed E-state index contributed by atoms with van der Waals surface area (Å²) in [6.07, 6.45) is 4.50. The second-order valence-electron chi connectivity index (χ2n) is 7.92. The molecule has 6 nitrogen and oxygen atoms in total. The topological polar surface area (TPSA) is 63.6 Å². The fraction of sp³-hybridized carbons (Fsp3) is 0.320. The van der Waals surface area contributed by atoms with Gasteiger partial charge in [-0.15, -0.1) is 0 Å². The molecule has 0 N–H and O–H groups in total. The molecule has 0 unspecified atom stereocenters. The molecule has 10 heteroatoms. The number of carbonyl (C=O) groups excluding carboxylic acids is 1. The van der Waals surface area contributed by atoms with Gasteiger partial charge in [-0.25, -0.2) is 4.98 Å². The number of fused-ring (bicyclic) bond motifs is 1. The lowest BCUT2D eigenvalue weighted by Gasteiger charge is -2.20. The highest BCUT2D eigenvalue weighted by molar-refractivity contribution is 6.33. The van der Waals surface area contributed by atoms with Crippen molar-refractivity contribution < 1.29 is 22.4 Å². The Kier molecular flexibility index (Phi) is 8.56. The summed E-state index contributed by atoms with van der Waals surface area (Å²) in [5, 5.41) is -0.145. The number of furan rings is 1. The zero-order chi connectivity index (χ0) is 25.6. The van der Waals surface area contributed by atoms with Crippen LogP contribution < -0.4 is 0 Å². The Balaban J connectivity index is 0.000000420. The first-order valence-corrected chi connectivity index (χ1v) is 11.5. The maximum absolute atomic E-state index is 13.7. The van der Waals surface area contributed by atoms with Crippen molar-refractivity contribution >= 4 is 23.2 Å². The number of hydrogen-bond acceptors (Lipinski definition) is 4. The maximum atomic E-state index is 13.7. The Morgan fingerprint density at radius 2 is 1.89 bits per heavy atom. The number of hydrogen-bond donors (Lipinski definition) is 0. The van der Waals surface area contributed by atoms with Crippen LogP contribution in [0.2, 0.25) is 5.15 Å². The highest BCUT2D eigenvalue weighted by Crippen LogP contribution is 2.37. The Bertz CT molecular complexity index is 1250. The van der Waals surface area contributed by atoms with Gasteiger partial charge in [-0.1, -0.05) is 31.5 Å². The quantitative estimate of drug-likeness (QED) is 0.285. The van der Waals surface area contributed by atoms with Gasteiger partial charge in [0.25, 0.3) is 5.91 Å². The van der Waals surface area contributed by atoms with E-state index in [4.69, 9.17) is 16.0 Å². The van der Waals surface area contributed by atoms with Gasteiger partial charge in [0.15, 0.2) is 11.3 Å². The molecule has 0 aliphatic heterocycles. The van der Waals surface area contributed by atoms with Crippen LogP contribution in [0.4, 0.5) is 13.2 Å². The van der Waals surface area contributed by atoms with Gasteiger partial charge in [0.1, 0.15) is 5.15 Å². The van der Waals surface area contributed by atoms with Crippen molar-refractivity contribution in [3.8, 4) is 11.1 Å². The molecule has 1 amide bonds. The van der Waals surface area contributed by atoms with Gasteiger partial charge < -0.3 is 9.32 Å². The molecule has 0 saturated carbocycles. The number of alkyl halides is 3. The lowest BCUT2D eigenvalue weighted by molar-refractivity contribution is -0.136. The van der Waals surface area contributed by atoms with E-state index in [9.17, 15) is 18.0 Å². The third-order valence-electron chi connectivity index (χ3n) is 5.11. The summed E-state index contributed by atoms with van der Waals surface area (Å²) >= 11 is 6.31. The molecule has 0 aliphatic carbocycles. The van der Waals surface area contributed by atoms with Gasteiger partial charge in [0.2, 0.25) is 0 Å². The Hall–Kier alpha value is -3.33. The molecule has 4 heterocycles. The molecule has 4 rings (SSSR count). The van der Waals surface area contributed by atoms with Crippen LogP contribution in [0.1, 0.15) is 48.3 Å². The summed E-state index contributed by atoms with van der Waals surface area (Å²) in [5.41, 5.74) is 0.376. The van der Waals surface area contributed by atoms with Crippen molar-refractivity contribution in [2.75, 3.05) is 13.1 Å². The van der Waals surface area contributed by atoms with Gasteiger partial charge in [-0.2, -0.15) is 13.2 Å². The lowest BCUT2D eigenvalue weighted by atomic mass is 10.1. The van der Waals surface area contributed by atoms with E-state index in [0.717, 1.165) is 23.3 Å². The molecule has 0 bridgehead atoms. The Morgan fingerprint density at radius 1 is 1.17 bits per heavy atom. The molecule has 186 valence electrons. The van der Waals surface area contributed by atoms with E-state index in [0.29, 0.717) is 18.7 Å². The van der Waals surface area contributed by atoms with Crippen molar-refractivity contribution in [3.63, 3.8) is 0 Å². The van der Waals surface area contributed by atoms with E-state index in [-0.39, 0.29) is 16.4 Å². The van der Waals surface area contributed by atoms with Crippen LogP contribution in [0.15, 0.2) is 59.8 Å². The predicted octanol–water partition coefficient (Wildman–Crippen LogP) is 6.92. The lowest BCUT2D eigenvalue weighted by Crippen LogP contribution is -2.32. The van der Waals surface area contributed by atoms with E-state index < -0.39 is 23.3 Å². The van der Waals surface area contributed by atoms with E-state index in [1.807, 2.05) is 39.1 Å². The first kappa shape index (κ1) is 26.3. The number of carbonyl (C=O) groups is 1. The van der Waals surface area contributed by atoms with Crippen LogP contribution in [-0.2, 0) is 6.18 Å². The van der Waals surface area contributed by atoms with Crippen molar-refractivity contribution in [1.82, 2.24) is 19.3 Å². The highest BCUT2D eigenvalue weighted by Gasteiger charge is 2.36. The summed E-state index contributed by atoms with van der Waals surface area (Å²) in [7, 11) is 0. The summed E-state index contributed by atoms with van der Waals surface area (Å²) in [6, 6.07) is 6.47. The predicted molar refractivity (Wildman–Crippen MR) is 128 cm³/mol. The molecule has 0 saturated heterocycles. The minimum atomic E-state index is -4.66. The van der Waals surface area contributed by atoms with E-state index in [1.54, 1.807) is 17.2 Å². The fourth-order valence-electron chi connectivity index (χ4n) is 3.50. The molecular formula is C25H26ClF3N4O2. The summed E-state index contributed by atoms with van der Waals surface area (Å²) in [4.78, 5) is 22.3. The van der Waals surface area contributed by atoms with Crippen molar-refractivity contribution in [2.24, 2.45) is 0 Å². The number of aromatic nitrogens is 3. The largest absolute Gasteiger partial charge is 0.472 e. The van der Waals surface area contributed by atoms with Gasteiger partial charge in [0, 0.05) is 42.8 Å². The average Bonchev–Trinajstić information content (AvgIpc) is 3.47. The maximum Gasteiger partial charge on any atom is 0.420 e. The number of nitrogens with zero attached hydrogens (tertiary/aromatic N) is 4. The van der Waals surface area contributed by atoms with E-state index >= 15 is 0 Å². The van der Waals surface area contributed by atoms with Crippen LogP contribution in [0, 0.1) is 6.92 Å². The Labute approximate surface area is 206 Å².